The molecule has 4 aromatic rings. The van der Waals surface area contributed by atoms with Gasteiger partial charge in [0.05, 0.1) is 16.0 Å². The minimum absolute atomic E-state index is 0.189. The molecule has 0 saturated carbocycles. The van der Waals surface area contributed by atoms with Crippen molar-refractivity contribution in [3.8, 4) is 0 Å². The van der Waals surface area contributed by atoms with Gasteiger partial charge in [-0.05, 0) is 37.3 Å². The van der Waals surface area contributed by atoms with E-state index in [4.69, 9.17) is 0 Å². The first kappa shape index (κ1) is 19.7. The standard InChI is InChI=1S/C19H18FN7O2S/c1-11-15(20)10-14-17(22-11)25-26-18(14)27(2)16-7-8-21-19(24-16)23-12-5-4-6-13(9-12)30(3,28)29/h4-10H,1-3H3,(H,21,23,24)(H,22,25,26). The molecular weight excluding hydrogens is 409 g/mol. The number of pyridine rings is 1. The second kappa shape index (κ2) is 7.34. The van der Waals surface area contributed by atoms with Gasteiger partial charge in [-0.25, -0.2) is 22.8 Å². The predicted octanol–water partition coefficient (Wildman–Crippen LogP) is 3.11. The number of halogens is 1. The van der Waals surface area contributed by atoms with Gasteiger partial charge < -0.3 is 10.2 Å². The van der Waals surface area contributed by atoms with Gasteiger partial charge in [-0.2, -0.15) is 10.1 Å². The van der Waals surface area contributed by atoms with Crippen LogP contribution in [0, 0.1) is 12.7 Å². The largest absolute Gasteiger partial charge is 0.324 e. The maximum absolute atomic E-state index is 14.0. The van der Waals surface area contributed by atoms with Crippen molar-refractivity contribution in [2.24, 2.45) is 0 Å². The maximum Gasteiger partial charge on any atom is 0.229 e. The van der Waals surface area contributed by atoms with E-state index in [2.05, 4.69) is 30.5 Å². The quantitative estimate of drug-likeness (QED) is 0.499. The first-order valence-corrected chi connectivity index (χ1v) is 10.8. The molecule has 9 nitrogen and oxygen atoms in total. The van der Waals surface area contributed by atoms with Gasteiger partial charge in [0.25, 0.3) is 0 Å². The van der Waals surface area contributed by atoms with E-state index in [0.29, 0.717) is 28.4 Å². The van der Waals surface area contributed by atoms with Gasteiger partial charge in [-0.15, -0.1) is 0 Å². The molecule has 0 aliphatic carbocycles. The van der Waals surface area contributed by atoms with Crippen LogP contribution >= 0.6 is 0 Å². The summed E-state index contributed by atoms with van der Waals surface area (Å²) >= 11 is 0. The zero-order valence-electron chi connectivity index (χ0n) is 16.4. The summed E-state index contributed by atoms with van der Waals surface area (Å²) in [5, 5.41) is 10.5. The number of anilines is 4. The molecule has 0 spiro atoms. The number of nitrogens with zero attached hydrogens (tertiary/aromatic N) is 5. The molecule has 4 rings (SSSR count). The molecule has 154 valence electrons. The molecule has 0 fully saturated rings. The fourth-order valence-corrected chi connectivity index (χ4v) is 3.56. The van der Waals surface area contributed by atoms with Gasteiger partial charge >= 0.3 is 0 Å². The minimum atomic E-state index is -3.33. The van der Waals surface area contributed by atoms with Crippen LogP contribution in [0.4, 0.5) is 27.7 Å². The van der Waals surface area contributed by atoms with Crippen molar-refractivity contribution in [1.29, 1.82) is 0 Å². The molecule has 3 aromatic heterocycles. The smallest absolute Gasteiger partial charge is 0.229 e. The summed E-state index contributed by atoms with van der Waals surface area (Å²) in [4.78, 5) is 14.7. The zero-order valence-corrected chi connectivity index (χ0v) is 17.2. The van der Waals surface area contributed by atoms with Gasteiger partial charge in [0, 0.05) is 25.2 Å². The molecule has 0 aliphatic heterocycles. The normalized spacial score (nSPS) is 11.6. The Morgan fingerprint density at radius 2 is 1.97 bits per heavy atom. The summed E-state index contributed by atoms with van der Waals surface area (Å²) < 4.78 is 37.5. The molecular formula is C19H18FN7O2S. The van der Waals surface area contributed by atoms with Crippen LogP contribution in [0.15, 0.2) is 47.5 Å². The Hall–Kier alpha value is -3.60. The highest BCUT2D eigenvalue weighted by Gasteiger charge is 2.16. The molecule has 2 N–H and O–H groups in total. The lowest BCUT2D eigenvalue weighted by Gasteiger charge is -2.16. The molecule has 0 radical (unpaired) electrons. The Morgan fingerprint density at radius 1 is 1.17 bits per heavy atom. The molecule has 0 amide bonds. The number of rotatable bonds is 5. The van der Waals surface area contributed by atoms with E-state index in [1.807, 2.05) is 0 Å². The summed E-state index contributed by atoms with van der Waals surface area (Å²) in [6.45, 7) is 1.58. The monoisotopic (exact) mass is 427 g/mol. The number of hydrogen-bond donors (Lipinski definition) is 2. The van der Waals surface area contributed by atoms with E-state index in [9.17, 15) is 12.8 Å². The first-order valence-electron chi connectivity index (χ1n) is 8.87. The highest BCUT2D eigenvalue weighted by Crippen LogP contribution is 2.28. The summed E-state index contributed by atoms with van der Waals surface area (Å²) in [6.07, 6.45) is 2.70. The van der Waals surface area contributed by atoms with Crippen LogP contribution in [0.25, 0.3) is 11.0 Å². The first-order chi connectivity index (χ1) is 14.2. The number of H-pyrrole nitrogens is 1. The highest BCUT2D eigenvalue weighted by molar-refractivity contribution is 7.90. The second-order valence-corrected chi connectivity index (χ2v) is 8.74. The van der Waals surface area contributed by atoms with Crippen molar-refractivity contribution >= 4 is 44.1 Å². The maximum atomic E-state index is 14.0. The second-order valence-electron chi connectivity index (χ2n) is 6.72. The third-order valence-corrected chi connectivity index (χ3v) is 5.59. The van der Waals surface area contributed by atoms with Crippen molar-refractivity contribution < 1.29 is 12.8 Å². The van der Waals surface area contributed by atoms with E-state index in [1.54, 1.807) is 43.3 Å². The Bertz CT molecular complexity index is 1350. The summed E-state index contributed by atoms with van der Waals surface area (Å²) in [7, 11) is -1.59. The molecule has 0 atom stereocenters. The molecule has 30 heavy (non-hydrogen) atoms. The number of nitrogens with one attached hydrogen (secondary N) is 2. The van der Waals surface area contributed by atoms with Crippen LogP contribution in [0.2, 0.25) is 0 Å². The summed E-state index contributed by atoms with van der Waals surface area (Å²) in [6, 6.07) is 9.43. The van der Waals surface area contributed by atoms with Crippen molar-refractivity contribution in [3.63, 3.8) is 0 Å². The number of aromatic amines is 1. The predicted molar refractivity (Wildman–Crippen MR) is 112 cm³/mol. The molecule has 1 aromatic carbocycles. The lowest BCUT2D eigenvalue weighted by molar-refractivity contribution is 0.602. The fourth-order valence-electron chi connectivity index (χ4n) is 2.90. The molecule has 0 aliphatic rings. The Balaban J connectivity index is 1.65. The number of aromatic nitrogens is 5. The van der Waals surface area contributed by atoms with Gasteiger partial charge in [0.1, 0.15) is 11.6 Å². The van der Waals surface area contributed by atoms with Crippen LogP contribution in [0.5, 0.6) is 0 Å². The van der Waals surface area contributed by atoms with Crippen molar-refractivity contribution in [1.82, 2.24) is 25.1 Å². The van der Waals surface area contributed by atoms with Crippen LogP contribution in [0.3, 0.4) is 0 Å². The van der Waals surface area contributed by atoms with Crippen molar-refractivity contribution in [3.05, 3.63) is 54.1 Å². The average Bonchev–Trinajstić information content (AvgIpc) is 3.10. The number of sulfone groups is 1. The lowest BCUT2D eigenvalue weighted by Crippen LogP contribution is -2.13. The average molecular weight is 427 g/mol. The third kappa shape index (κ3) is 3.79. The van der Waals surface area contributed by atoms with E-state index in [-0.39, 0.29) is 16.5 Å². The zero-order chi connectivity index (χ0) is 21.5. The van der Waals surface area contributed by atoms with Crippen LogP contribution in [0.1, 0.15) is 5.69 Å². The minimum Gasteiger partial charge on any atom is -0.324 e. The number of aryl methyl sites for hydroxylation is 1. The number of fused-ring (bicyclic) bond motifs is 1. The Morgan fingerprint density at radius 3 is 2.73 bits per heavy atom. The molecule has 0 saturated heterocycles. The highest BCUT2D eigenvalue weighted by atomic mass is 32.2. The summed E-state index contributed by atoms with van der Waals surface area (Å²) in [5.41, 5.74) is 1.29. The van der Waals surface area contributed by atoms with Gasteiger partial charge in [-0.1, -0.05) is 6.07 Å². The van der Waals surface area contributed by atoms with E-state index in [1.165, 1.54) is 18.2 Å². The molecule has 11 heteroatoms. The van der Waals surface area contributed by atoms with Crippen molar-refractivity contribution in [2.75, 3.05) is 23.5 Å². The van der Waals surface area contributed by atoms with E-state index >= 15 is 0 Å². The van der Waals surface area contributed by atoms with Crippen LogP contribution in [-0.2, 0) is 9.84 Å². The SMILES string of the molecule is Cc1nc2[nH]nc(N(C)c3ccnc(Nc4cccc(S(C)(=O)=O)c4)n3)c2cc1F. The van der Waals surface area contributed by atoms with E-state index in [0.717, 1.165) is 6.26 Å². The topological polar surface area (TPSA) is 117 Å². The third-order valence-electron chi connectivity index (χ3n) is 4.48. The van der Waals surface area contributed by atoms with Gasteiger partial charge in [0.15, 0.2) is 21.3 Å². The Kier molecular flexibility index (Phi) is 4.82. The fraction of sp³-hybridized carbons (Fsp3) is 0.158. The van der Waals surface area contributed by atoms with Crippen LogP contribution in [-0.4, -0.2) is 46.9 Å². The van der Waals surface area contributed by atoms with Crippen molar-refractivity contribution in [2.45, 2.75) is 11.8 Å². The van der Waals surface area contributed by atoms with Crippen LogP contribution < -0.4 is 10.2 Å². The summed E-state index contributed by atoms with van der Waals surface area (Å²) in [5.74, 6) is 0.806. The molecule has 0 unspecified atom stereocenters. The molecule has 3 heterocycles. The lowest BCUT2D eigenvalue weighted by atomic mass is 10.2. The van der Waals surface area contributed by atoms with E-state index < -0.39 is 15.7 Å². The molecule has 0 bridgehead atoms. The number of hydrogen-bond acceptors (Lipinski definition) is 8. The Labute approximate surface area is 171 Å². The van der Waals surface area contributed by atoms with Gasteiger partial charge in [0.2, 0.25) is 5.95 Å². The van der Waals surface area contributed by atoms with Gasteiger partial charge in [-0.3, -0.25) is 5.10 Å². The number of benzene rings is 1.